The lowest BCUT2D eigenvalue weighted by atomic mass is 10.0. The molecule has 2 nitrogen and oxygen atoms in total. The van der Waals surface area contributed by atoms with Crippen LogP contribution in [0.2, 0.25) is 0 Å². The van der Waals surface area contributed by atoms with Gasteiger partial charge in [-0.3, -0.25) is 0 Å². The average molecular weight is 368 g/mol. The number of hydrogen-bond donors (Lipinski definition) is 0. The van der Waals surface area contributed by atoms with Crippen LogP contribution in [0.15, 0.2) is 40.9 Å². The van der Waals surface area contributed by atoms with Crippen molar-refractivity contribution in [3.05, 3.63) is 52.0 Å². The third-order valence-corrected chi connectivity index (χ3v) is 4.23. The number of ether oxygens (including phenoxy) is 2. The number of para-hydroxylation sites is 1. The summed E-state index contributed by atoms with van der Waals surface area (Å²) in [7, 11) is 0. The monoisotopic (exact) mass is 366 g/mol. The normalized spacial score (nSPS) is 15.4. The van der Waals surface area contributed by atoms with Crippen molar-refractivity contribution < 1.29 is 9.47 Å². The SMILES string of the molecule is CC1(C)Cc2cccc(Oc3cc(Br)ccc3CCl)c2O1. The van der Waals surface area contributed by atoms with E-state index in [9.17, 15) is 0 Å². The van der Waals surface area contributed by atoms with Crippen LogP contribution in [0.3, 0.4) is 0 Å². The van der Waals surface area contributed by atoms with Crippen molar-refractivity contribution in [3.8, 4) is 17.2 Å². The fourth-order valence-electron chi connectivity index (χ4n) is 2.52. The van der Waals surface area contributed by atoms with Gasteiger partial charge < -0.3 is 9.47 Å². The fourth-order valence-corrected chi connectivity index (χ4v) is 3.08. The highest BCUT2D eigenvalue weighted by Gasteiger charge is 2.32. The Hall–Kier alpha value is -1.19. The Morgan fingerprint density at radius 3 is 2.81 bits per heavy atom. The molecular weight excluding hydrogens is 352 g/mol. The van der Waals surface area contributed by atoms with E-state index in [1.54, 1.807) is 0 Å². The van der Waals surface area contributed by atoms with Gasteiger partial charge in [0.05, 0.1) is 5.88 Å². The molecule has 0 saturated carbocycles. The van der Waals surface area contributed by atoms with Gasteiger partial charge in [-0.2, -0.15) is 0 Å². The van der Waals surface area contributed by atoms with Crippen molar-refractivity contribution in [3.63, 3.8) is 0 Å². The molecule has 1 aliphatic rings. The standard InChI is InChI=1S/C17H16BrClO2/c1-17(2)9-11-4-3-5-14(16(11)21-17)20-15-8-13(18)7-6-12(15)10-19/h3-8H,9-10H2,1-2H3. The Morgan fingerprint density at radius 2 is 2.05 bits per heavy atom. The summed E-state index contributed by atoms with van der Waals surface area (Å²) >= 11 is 9.45. The Balaban J connectivity index is 1.98. The molecule has 0 amide bonds. The molecule has 0 fully saturated rings. The van der Waals surface area contributed by atoms with E-state index in [1.807, 2.05) is 30.3 Å². The summed E-state index contributed by atoms with van der Waals surface area (Å²) < 4.78 is 13.1. The number of halogens is 2. The van der Waals surface area contributed by atoms with Crippen LogP contribution in [-0.2, 0) is 12.3 Å². The first kappa shape index (κ1) is 14.7. The Labute approximate surface area is 138 Å². The molecule has 2 aromatic rings. The zero-order chi connectivity index (χ0) is 15.0. The van der Waals surface area contributed by atoms with Crippen molar-refractivity contribution in [2.45, 2.75) is 31.7 Å². The van der Waals surface area contributed by atoms with E-state index in [-0.39, 0.29) is 5.60 Å². The largest absolute Gasteiger partial charge is 0.483 e. The van der Waals surface area contributed by atoms with Crippen molar-refractivity contribution in [2.75, 3.05) is 0 Å². The second kappa shape index (κ2) is 5.54. The molecule has 110 valence electrons. The fraction of sp³-hybridized carbons (Fsp3) is 0.294. The summed E-state index contributed by atoms with van der Waals surface area (Å²) in [6.07, 6.45) is 0.889. The second-order valence-corrected chi connectivity index (χ2v) is 6.95. The van der Waals surface area contributed by atoms with Gasteiger partial charge in [-0.15, -0.1) is 11.6 Å². The smallest absolute Gasteiger partial charge is 0.169 e. The van der Waals surface area contributed by atoms with Gasteiger partial charge in [-0.05, 0) is 32.0 Å². The highest BCUT2D eigenvalue weighted by Crippen LogP contribution is 2.44. The lowest BCUT2D eigenvalue weighted by Gasteiger charge is -2.18. The Kier molecular flexibility index (Phi) is 3.89. The zero-order valence-electron chi connectivity index (χ0n) is 12.0. The van der Waals surface area contributed by atoms with E-state index in [0.717, 1.165) is 33.7 Å². The molecule has 1 aliphatic heterocycles. The first-order chi connectivity index (χ1) is 9.98. The summed E-state index contributed by atoms with van der Waals surface area (Å²) in [5, 5.41) is 0. The number of hydrogen-bond acceptors (Lipinski definition) is 2. The molecule has 4 heteroatoms. The van der Waals surface area contributed by atoms with Crippen LogP contribution in [-0.4, -0.2) is 5.60 Å². The van der Waals surface area contributed by atoms with Gasteiger partial charge in [0, 0.05) is 22.0 Å². The molecule has 1 heterocycles. The molecule has 0 radical (unpaired) electrons. The van der Waals surface area contributed by atoms with Gasteiger partial charge in [0.1, 0.15) is 11.4 Å². The highest BCUT2D eigenvalue weighted by molar-refractivity contribution is 9.10. The predicted molar refractivity (Wildman–Crippen MR) is 88.6 cm³/mol. The lowest BCUT2D eigenvalue weighted by Crippen LogP contribution is -2.24. The molecule has 0 saturated heterocycles. The zero-order valence-corrected chi connectivity index (χ0v) is 14.3. The van der Waals surface area contributed by atoms with Crippen LogP contribution < -0.4 is 9.47 Å². The minimum atomic E-state index is -0.186. The van der Waals surface area contributed by atoms with E-state index in [0.29, 0.717) is 5.88 Å². The van der Waals surface area contributed by atoms with Gasteiger partial charge in [-0.1, -0.05) is 34.1 Å². The predicted octanol–water partition coefficient (Wildman–Crippen LogP) is 5.69. The molecule has 0 bridgehead atoms. The van der Waals surface area contributed by atoms with Gasteiger partial charge in [0.25, 0.3) is 0 Å². The van der Waals surface area contributed by atoms with Crippen LogP contribution in [0.25, 0.3) is 0 Å². The van der Waals surface area contributed by atoms with E-state index in [2.05, 4.69) is 35.8 Å². The maximum absolute atomic E-state index is 6.08. The quantitative estimate of drug-likeness (QED) is 0.648. The first-order valence-electron chi connectivity index (χ1n) is 6.82. The minimum Gasteiger partial charge on any atom is -0.483 e. The van der Waals surface area contributed by atoms with Crippen molar-refractivity contribution in [1.82, 2.24) is 0 Å². The van der Waals surface area contributed by atoms with Crippen molar-refractivity contribution >= 4 is 27.5 Å². The Morgan fingerprint density at radius 1 is 1.24 bits per heavy atom. The number of rotatable bonds is 3. The van der Waals surface area contributed by atoms with Crippen molar-refractivity contribution in [2.24, 2.45) is 0 Å². The third-order valence-electron chi connectivity index (χ3n) is 3.45. The van der Waals surface area contributed by atoms with Crippen LogP contribution in [0.5, 0.6) is 17.2 Å². The summed E-state index contributed by atoms with van der Waals surface area (Å²) in [5.41, 5.74) is 1.95. The molecule has 2 aromatic carbocycles. The topological polar surface area (TPSA) is 18.5 Å². The summed E-state index contributed by atoms with van der Waals surface area (Å²) in [6, 6.07) is 11.9. The van der Waals surface area contributed by atoms with Crippen molar-refractivity contribution in [1.29, 1.82) is 0 Å². The summed E-state index contributed by atoms with van der Waals surface area (Å²) in [6.45, 7) is 4.17. The number of alkyl halides is 1. The average Bonchev–Trinajstić information content (AvgIpc) is 2.74. The maximum atomic E-state index is 6.08. The molecule has 21 heavy (non-hydrogen) atoms. The van der Waals surface area contributed by atoms with Gasteiger partial charge in [0.2, 0.25) is 0 Å². The van der Waals surface area contributed by atoms with Gasteiger partial charge >= 0.3 is 0 Å². The first-order valence-corrected chi connectivity index (χ1v) is 8.14. The highest BCUT2D eigenvalue weighted by atomic mass is 79.9. The van der Waals surface area contributed by atoms with E-state index in [1.165, 1.54) is 5.56 Å². The van der Waals surface area contributed by atoms with Crippen LogP contribution in [0, 0.1) is 0 Å². The molecule has 0 N–H and O–H groups in total. The Bertz CT molecular complexity index is 682. The van der Waals surface area contributed by atoms with Gasteiger partial charge in [-0.25, -0.2) is 0 Å². The maximum Gasteiger partial charge on any atom is 0.169 e. The van der Waals surface area contributed by atoms with E-state index in [4.69, 9.17) is 21.1 Å². The molecule has 3 rings (SSSR count). The summed E-state index contributed by atoms with van der Waals surface area (Å²) in [4.78, 5) is 0. The van der Waals surface area contributed by atoms with Gasteiger partial charge in [0.15, 0.2) is 11.5 Å². The molecule has 0 aromatic heterocycles. The third kappa shape index (κ3) is 3.04. The second-order valence-electron chi connectivity index (χ2n) is 5.77. The number of fused-ring (bicyclic) bond motifs is 1. The molecule has 0 spiro atoms. The molecule has 0 aliphatic carbocycles. The number of benzene rings is 2. The summed E-state index contributed by atoms with van der Waals surface area (Å²) in [5.74, 6) is 2.73. The molecule has 0 unspecified atom stereocenters. The van der Waals surface area contributed by atoms with E-state index < -0.39 is 0 Å². The lowest BCUT2D eigenvalue weighted by molar-refractivity contribution is 0.135. The van der Waals surface area contributed by atoms with E-state index >= 15 is 0 Å². The van der Waals surface area contributed by atoms with Crippen LogP contribution in [0.1, 0.15) is 25.0 Å². The minimum absolute atomic E-state index is 0.186. The van der Waals surface area contributed by atoms with Crippen LogP contribution >= 0.6 is 27.5 Å². The molecular formula is C17H16BrClO2. The van der Waals surface area contributed by atoms with Crippen LogP contribution in [0.4, 0.5) is 0 Å². The molecule has 0 atom stereocenters.